The number of ketones is 1. The Balaban J connectivity index is 1.75. The van der Waals surface area contributed by atoms with Gasteiger partial charge in [-0.05, 0) is 37.8 Å². The fraction of sp³-hybridized carbons (Fsp3) is 0.600. The predicted octanol–water partition coefficient (Wildman–Crippen LogP) is 4.81. The monoisotopic (exact) mass is 455 g/mol. The lowest BCUT2D eigenvalue weighted by atomic mass is 9.72. The lowest BCUT2D eigenvalue weighted by molar-refractivity contribution is -0.137. The molecular weight excluding hydrogens is 422 g/mol. The van der Waals surface area contributed by atoms with Crippen LogP contribution in [0.2, 0.25) is 0 Å². The van der Waals surface area contributed by atoms with E-state index in [0.717, 1.165) is 69.1 Å². The summed E-state index contributed by atoms with van der Waals surface area (Å²) in [4.78, 5) is 55.9. The summed E-state index contributed by atoms with van der Waals surface area (Å²) in [6.07, 6.45) is 9.26. The molecule has 1 N–H and O–H groups in total. The standard InChI is InChI=1S/C25H33N3O5/c1-25(14-8-3-9-15-25)21(29)16-26-19-12-6-7-13-20(19)28(18-10-4-2-5-11-18)24(33)27(23(26)32)17-22(30)31/h6-7,12-13,18H,2-5,8-11,14-17H2,1H3,(H,30,31). The summed E-state index contributed by atoms with van der Waals surface area (Å²) in [5.41, 5.74) is 0.545. The number of carboxylic acids is 1. The molecule has 0 aromatic heterocycles. The van der Waals surface area contributed by atoms with Gasteiger partial charge in [0, 0.05) is 11.5 Å². The Bertz CT molecular complexity index is 934. The Labute approximate surface area is 194 Å². The number of carboxylic acid groups (broad SMARTS) is 1. The molecule has 0 bridgehead atoms. The van der Waals surface area contributed by atoms with Gasteiger partial charge >= 0.3 is 18.0 Å². The summed E-state index contributed by atoms with van der Waals surface area (Å²) in [6, 6.07) is 5.64. The third-order valence-corrected chi connectivity index (χ3v) is 7.50. The molecule has 2 fully saturated rings. The van der Waals surface area contributed by atoms with E-state index in [1.807, 2.05) is 13.0 Å². The van der Waals surface area contributed by atoms with Gasteiger partial charge in [-0.1, -0.05) is 57.6 Å². The van der Waals surface area contributed by atoms with Crippen LogP contribution in [-0.2, 0) is 9.59 Å². The summed E-state index contributed by atoms with van der Waals surface area (Å²) in [7, 11) is 0. The van der Waals surface area contributed by atoms with Gasteiger partial charge in [-0.2, -0.15) is 0 Å². The molecule has 8 nitrogen and oxygen atoms in total. The van der Waals surface area contributed by atoms with Crippen LogP contribution < -0.4 is 9.80 Å². The van der Waals surface area contributed by atoms with E-state index in [4.69, 9.17) is 0 Å². The summed E-state index contributed by atoms with van der Waals surface area (Å²) < 4.78 is 0. The highest BCUT2D eigenvalue weighted by molar-refractivity contribution is 6.16. The molecule has 0 atom stereocenters. The molecule has 1 heterocycles. The molecule has 0 radical (unpaired) electrons. The predicted molar refractivity (Wildman–Crippen MR) is 124 cm³/mol. The van der Waals surface area contributed by atoms with Crippen molar-refractivity contribution in [3.05, 3.63) is 24.3 Å². The van der Waals surface area contributed by atoms with Gasteiger partial charge in [0.15, 0.2) is 5.78 Å². The maximum Gasteiger partial charge on any atom is 0.333 e. The highest BCUT2D eigenvalue weighted by Gasteiger charge is 2.44. The van der Waals surface area contributed by atoms with Crippen LogP contribution in [0.1, 0.15) is 71.1 Å². The van der Waals surface area contributed by atoms with Crippen molar-refractivity contribution in [1.29, 1.82) is 0 Å². The summed E-state index contributed by atoms with van der Waals surface area (Å²) in [5.74, 6) is -1.31. The molecule has 178 valence electrons. The van der Waals surface area contributed by atoms with Crippen LogP contribution in [0.15, 0.2) is 24.3 Å². The van der Waals surface area contributed by atoms with E-state index in [1.54, 1.807) is 23.1 Å². The average molecular weight is 456 g/mol. The van der Waals surface area contributed by atoms with Crippen LogP contribution >= 0.6 is 0 Å². The van der Waals surface area contributed by atoms with Gasteiger partial charge < -0.3 is 5.11 Å². The molecule has 2 aliphatic carbocycles. The number of carbonyl (C=O) groups is 4. The molecule has 33 heavy (non-hydrogen) atoms. The van der Waals surface area contributed by atoms with Crippen LogP contribution in [0.4, 0.5) is 21.0 Å². The van der Waals surface area contributed by atoms with Crippen molar-refractivity contribution in [2.24, 2.45) is 5.41 Å². The normalized spacial score (nSPS) is 21.5. The van der Waals surface area contributed by atoms with E-state index in [2.05, 4.69) is 0 Å². The Morgan fingerprint density at radius 1 is 0.879 bits per heavy atom. The number of rotatable bonds is 6. The van der Waals surface area contributed by atoms with Gasteiger partial charge in [0.25, 0.3) is 0 Å². The number of aliphatic carboxylic acids is 1. The Morgan fingerprint density at radius 2 is 1.48 bits per heavy atom. The van der Waals surface area contributed by atoms with Gasteiger partial charge in [-0.25, -0.2) is 14.5 Å². The number of urea groups is 2. The molecule has 1 aromatic rings. The third-order valence-electron chi connectivity index (χ3n) is 7.50. The first-order chi connectivity index (χ1) is 15.8. The highest BCUT2D eigenvalue weighted by atomic mass is 16.4. The zero-order chi connectivity index (χ0) is 23.6. The second kappa shape index (κ2) is 9.53. The average Bonchev–Trinajstić information content (AvgIpc) is 2.89. The van der Waals surface area contributed by atoms with E-state index in [9.17, 15) is 24.3 Å². The third kappa shape index (κ3) is 4.61. The maximum absolute atomic E-state index is 13.6. The number of nitrogens with zero attached hydrogens (tertiary/aromatic N) is 3. The zero-order valence-electron chi connectivity index (χ0n) is 19.3. The number of imide groups is 1. The molecule has 0 spiro atoms. The van der Waals surface area contributed by atoms with Crippen molar-refractivity contribution >= 4 is 35.2 Å². The zero-order valence-corrected chi connectivity index (χ0v) is 19.3. The molecule has 1 aromatic carbocycles. The largest absolute Gasteiger partial charge is 0.480 e. The topological polar surface area (TPSA) is 98.2 Å². The second-order valence-corrected chi connectivity index (χ2v) is 9.83. The number of hydrogen-bond donors (Lipinski definition) is 1. The van der Waals surface area contributed by atoms with E-state index in [1.165, 1.54) is 4.90 Å². The molecule has 8 heteroatoms. The summed E-state index contributed by atoms with van der Waals surface area (Å²) >= 11 is 0. The smallest absolute Gasteiger partial charge is 0.333 e. The van der Waals surface area contributed by atoms with Crippen molar-refractivity contribution in [2.45, 2.75) is 77.2 Å². The quantitative estimate of drug-likeness (QED) is 0.664. The van der Waals surface area contributed by atoms with Gasteiger partial charge in [0.05, 0.1) is 17.9 Å². The molecule has 4 amide bonds. The first kappa shape index (κ1) is 23.3. The van der Waals surface area contributed by atoms with Gasteiger partial charge in [-0.15, -0.1) is 0 Å². The number of hydrogen-bond acceptors (Lipinski definition) is 4. The van der Waals surface area contributed by atoms with Crippen molar-refractivity contribution < 1.29 is 24.3 Å². The SMILES string of the molecule is CC1(C(=O)CN2C(=O)N(CC(=O)O)C(=O)N(C3CCCCC3)c3ccccc32)CCCCC1. The van der Waals surface area contributed by atoms with Gasteiger partial charge in [0.1, 0.15) is 6.54 Å². The number of benzene rings is 1. The first-order valence-corrected chi connectivity index (χ1v) is 12.1. The fourth-order valence-electron chi connectivity index (χ4n) is 5.52. The molecule has 1 aliphatic heterocycles. The Hall–Kier alpha value is -2.90. The second-order valence-electron chi connectivity index (χ2n) is 9.83. The van der Waals surface area contributed by atoms with Crippen LogP contribution in [-0.4, -0.2) is 53.0 Å². The Morgan fingerprint density at radius 3 is 2.12 bits per heavy atom. The lowest BCUT2D eigenvalue weighted by Gasteiger charge is -2.35. The van der Waals surface area contributed by atoms with Gasteiger partial charge in [0.2, 0.25) is 0 Å². The van der Waals surface area contributed by atoms with Crippen molar-refractivity contribution in [3.63, 3.8) is 0 Å². The van der Waals surface area contributed by atoms with E-state index >= 15 is 0 Å². The maximum atomic E-state index is 13.6. The number of para-hydroxylation sites is 2. The number of fused-ring (bicyclic) bond motifs is 1. The summed E-state index contributed by atoms with van der Waals surface area (Å²) in [6.45, 7) is 1.04. The van der Waals surface area contributed by atoms with Crippen LogP contribution in [0, 0.1) is 5.41 Å². The minimum absolute atomic E-state index is 0.0424. The summed E-state index contributed by atoms with van der Waals surface area (Å²) in [5, 5.41) is 9.47. The van der Waals surface area contributed by atoms with Crippen molar-refractivity contribution in [2.75, 3.05) is 22.9 Å². The number of anilines is 2. The molecule has 3 aliphatic rings. The minimum atomic E-state index is -1.27. The molecule has 0 unspecified atom stereocenters. The van der Waals surface area contributed by atoms with E-state index in [0.29, 0.717) is 11.4 Å². The molecular formula is C25H33N3O5. The molecule has 0 saturated heterocycles. The van der Waals surface area contributed by atoms with Crippen LogP contribution in [0.25, 0.3) is 0 Å². The van der Waals surface area contributed by atoms with Crippen LogP contribution in [0.5, 0.6) is 0 Å². The Kier molecular flexibility index (Phi) is 6.72. The van der Waals surface area contributed by atoms with Crippen LogP contribution in [0.3, 0.4) is 0 Å². The number of carbonyl (C=O) groups excluding carboxylic acids is 3. The molecule has 4 rings (SSSR count). The first-order valence-electron chi connectivity index (χ1n) is 12.1. The number of amides is 4. The highest BCUT2D eigenvalue weighted by Crippen LogP contribution is 2.40. The van der Waals surface area contributed by atoms with E-state index in [-0.39, 0.29) is 18.4 Å². The molecule has 2 saturated carbocycles. The number of Topliss-reactive ketones (excluding diaryl/α,β-unsaturated/α-hetero) is 1. The van der Waals surface area contributed by atoms with E-state index < -0.39 is 30.0 Å². The fourth-order valence-corrected chi connectivity index (χ4v) is 5.52. The van der Waals surface area contributed by atoms with Crippen molar-refractivity contribution in [1.82, 2.24) is 4.90 Å². The van der Waals surface area contributed by atoms with Gasteiger partial charge in [-0.3, -0.25) is 19.4 Å². The lowest BCUT2D eigenvalue weighted by Crippen LogP contribution is -2.54. The minimum Gasteiger partial charge on any atom is -0.480 e. The van der Waals surface area contributed by atoms with Crippen molar-refractivity contribution in [3.8, 4) is 0 Å².